The van der Waals surface area contributed by atoms with Gasteiger partial charge in [-0.25, -0.2) is 0 Å². The zero-order valence-electron chi connectivity index (χ0n) is 16.6. The van der Waals surface area contributed by atoms with Gasteiger partial charge in [-0.3, -0.25) is 9.69 Å². The number of hydrogen-bond acceptors (Lipinski definition) is 4. The summed E-state index contributed by atoms with van der Waals surface area (Å²) < 4.78 is 10.8. The number of methoxy groups -OCH3 is 1. The Bertz CT molecular complexity index is 712. The van der Waals surface area contributed by atoms with E-state index in [0.29, 0.717) is 13.2 Å². The molecule has 0 radical (unpaired) electrons. The number of rotatable bonds is 10. The van der Waals surface area contributed by atoms with Gasteiger partial charge in [-0.2, -0.15) is 0 Å². The predicted octanol–water partition coefficient (Wildman–Crippen LogP) is 3.21. The molecule has 0 aliphatic carbocycles. The number of ether oxygens (including phenoxy) is 2. The summed E-state index contributed by atoms with van der Waals surface area (Å²) in [5.41, 5.74) is 2.42. The van der Waals surface area contributed by atoms with Crippen molar-refractivity contribution in [1.82, 2.24) is 10.2 Å². The zero-order chi connectivity index (χ0) is 19.6. The molecule has 5 nitrogen and oxygen atoms in total. The maximum atomic E-state index is 12.2. The molecule has 3 rings (SSSR count). The van der Waals surface area contributed by atoms with Crippen LogP contribution in [0.15, 0.2) is 54.6 Å². The van der Waals surface area contributed by atoms with Gasteiger partial charge >= 0.3 is 0 Å². The third-order valence-electron chi connectivity index (χ3n) is 5.19. The Labute approximate surface area is 167 Å². The van der Waals surface area contributed by atoms with Crippen LogP contribution in [0.4, 0.5) is 0 Å². The third-order valence-corrected chi connectivity index (χ3v) is 5.19. The monoisotopic (exact) mass is 382 g/mol. The zero-order valence-corrected chi connectivity index (χ0v) is 16.6. The van der Waals surface area contributed by atoms with E-state index in [4.69, 9.17) is 9.47 Å². The molecule has 2 aromatic rings. The van der Waals surface area contributed by atoms with E-state index < -0.39 is 0 Å². The highest BCUT2D eigenvalue weighted by Gasteiger charge is 2.24. The molecule has 0 saturated carbocycles. The summed E-state index contributed by atoms with van der Waals surface area (Å²) in [5.74, 6) is 0.783. The minimum absolute atomic E-state index is 0.0641. The highest BCUT2D eigenvalue weighted by Crippen LogP contribution is 2.26. The Morgan fingerprint density at radius 1 is 1.07 bits per heavy atom. The minimum atomic E-state index is -0.0641. The molecule has 0 bridgehead atoms. The van der Waals surface area contributed by atoms with Crippen LogP contribution in [0.5, 0.6) is 5.75 Å². The molecule has 1 unspecified atom stereocenters. The van der Waals surface area contributed by atoms with E-state index in [0.717, 1.165) is 25.3 Å². The van der Waals surface area contributed by atoms with Crippen LogP contribution in [0.2, 0.25) is 0 Å². The molecule has 0 aromatic heterocycles. The summed E-state index contributed by atoms with van der Waals surface area (Å²) >= 11 is 0. The molecule has 0 spiro atoms. The van der Waals surface area contributed by atoms with Crippen molar-refractivity contribution in [2.24, 2.45) is 0 Å². The molecule has 1 atom stereocenters. The van der Waals surface area contributed by atoms with E-state index in [1.165, 1.54) is 24.0 Å². The van der Waals surface area contributed by atoms with Crippen LogP contribution in [0.3, 0.4) is 0 Å². The number of carbonyl (C=O) groups excluding carboxylic acids is 1. The number of nitrogens with zero attached hydrogens (tertiary/aromatic N) is 1. The smallest absolute Gasteiger partial charge is 0.246 e. The molecule has 1 amide bonds. The van der Waals surface area contributed by atoms with Crippen LogP contribution in [-0.2, 0) is 16.0 Å². The summed E-state index contributed by atoms with van der Waals surface area (Å²) in [5, 5.41) is 3.05. The second kappa shape index (κ2) is 10.8. The molecule has 1 saturated heterocycles. The SMILES string of the molecule is COc1ccc(C(CNC(=O)COCCc2ccccc2)N2CCCC2)cc1. The number of nitrogens with one attached hydrogen (secondary N) is 1. The van der Waals surface area contributed by atoms with E-state index in [1.54, 1.807) is 7.11 Å². The van der Waals surface area contributed by atoms with Gasteiger partial charge in [-0.15, -0.1) is 0 Å². The number of hydrogen-bond donors (Lipinski definition) is 1. The minimum Gasteiger partial charge on any atom is -0.497 e. The van der Waals surface area contributed by atoms with Gasteiger partial charge < -0.3 is 14.8 Å². The highest BCUT2D eigenvalue weighted by atomic mass is 16.5. The van der Waals surface area contributed by atoms with Crippen molar-refractivity contribution in [2.75, 3.05) is 40.0 Å². The van der Waals surface area contributed by atoms with Gasteiger partial charge in [0.1, 0.15) is 12.4 Å². The summed E-state index contributed by atoms with van der Waals surface area (Å²) in [6, 6.07) is 18.5. The Balaban J connectivity index is 1.46. The molecule has 1 heterocycles. The van der Waals surface area contributed by atoms with Crippen molar-refractivity contribution >= 4 is 5.91 Å². The van der Waals surface area contributed by atoms with Gasteiger partial charge in [0.05, 0.1) is 19.8 Å². The lowest BCUT2D eigenvalue weighted by Crippen LogP contribution is -2.38. The van der Waals surface area contributed by atoms with Crippen LogP contribution in [-0.4, -0.2) is 50.8 Å². The lowest BCUT2D eigenvalue weighted by Gasteiger charge is -2.28. The quantitative estimate of drug-likeness (QED) is 0.641. The van der Waals surface area contributed by atoms with Gasteiger partial charge in [-0.1, -0.05) is 42.5 Å². The first-order valence-electron chi connectivity index (χ1n) is 10.0. The molecule has 150 valence electrons. The van der Waals surface area contributed by atoms with E-state index in [-0.39, 0.29) is 18.6 Å². The topological polar surface area (TPSA) is 50.8 Å². The fourth-order valence-electron chi connectivity index (χ4n) is 3.60. The molecule has 28 heavy (non-hydrogen) atoms. The van der Waals surface area contributed by atoms with Crippen LogP contribution in [0.25, 0.3) is 0 Å². The highest BCUT2D eigenvalue weighted by molar-refractivity contribution is 5.77. The van der Waals surface area contributed by atoms with E-state index in [1.807, 2.05) is 30.3 Å². The second-order valence-corrected chi connectivity index (χ2v) is 7.12. The van der Waals surface area contributed by atoms with Crippen molar-refractivity contribution in [3.8, 4) is 5.75 Å². The van der Waals surface area contributed by atoms with Crippen molar-refractivity contribution in [3.63, 3.8) is 0 Å². The van der Waals surface area contributed by atoms with Crippen molar-refractivity contribution in [2.45, 2.75) is 25.3 Å². The molecule has 2 aromatic carbocycles. The fraction of sp³-hybridized carbons (Fsp3) is 0.435. The number of amides is 1. The van der Waals surface area contributed by atoms with Crippen molar-refractivity contribution in [3.05, 3.63) is 65.7 Å². The first-order chi connectivity index (χ1) is 13.8. The van der Waals surface area contributed by atoms with Gasteiger partial charge in [-0.05, 0) is 55.6 Å². The summed E-state index contributed by atoms with van der Waals surface area (Å²) in [6.07, 6.45) is 3.24. The Morgan fingerprint density at radius 3 is 2.46 bits per heavy atom. The summed E-state index contributed by atoms with van der Waals surface area (Å²) in [4.78, 5) is 14.7. The number of benzene rings is 2. The maximum absolute atomic E-state index is 12.2. The normalized spacial score (nSPS) is 15.3. The third kappa shape index (κ3) is 6.08. The lowest BCUT2D eigenvalue weighted by molar-refractivity contribution is -0.125. The average Bonchev–Trinajstić information content (AvgIpc) is 3.27. The summed E-state index contributed by atoms with van der Waals surface area (Å²) in [7, 11) is 1.67. The van der Waals surface area contributed by atoms with Gasteiger partial charge in [0, 0.05) is 6.54 Å². The Kier molecular flexibility index (Phi) is 7.88. The molecular formula is C23H30N2O3. The molecule has 5 heteroatoms. The van der Waals surface area contributed by atoms with Gasteiger partial charge in [0.15, 0.2) is 0 Å². The average molecular weight is 383 g/mol. The molecule has 1 aliphatic heterocycles. The predicted molar refractivity (Wildman–Crippen MR) is 111 cm³/mol. The van der Waals surface area contributed by atoms with E-state index in [2.05, 4.69) is 34.5 Å². The number of likely N-dealkylation sites (tertiary alicyclic amines) is 1. The van der Waals surface area contributed by atoms with Gasteiger partial charge in [0.2, 0.25) is 5.91 Å². The summed E-state index contributed by atoms with van der Waals surface area (Å²) in [6.45, 7) is 3.38. The second-order valence-electron chi connectivity index (χ2n) is 7.12. The molecule has 1 N–H and O–H groups in total. The van der Waals surface area contributed by atoms with Crippen LogP contribution >= 0.6 is 0 Å². The first kappa shape index (κ1) is 20.4. The van der Waals surface area contributed by atoms with Crippen molar-refractivity contribution < 1.29 is 14.3 Å². The largest absolute Gasteiger partial charge is 0.497 e. The van der Waals surface area contributed by atoms with Crippen molar-refractivity contribution in [1.29, 1.82) is 0 Å². The number of carbonyl (C=O) groups is 1. The standard InChI is InChI=1S/C23H30N2O3/c1-27-21-11-9-20(10-12-21)22(25-14-5-6-15-25)17-24-23(26)18-28-16-13-19-7-3-2-4-8-19/h2-4,7-12,22H,5-6,13-18H2,1H3,(H,24,26). The Hall–Kier alpha value is -2.37. The first-order valence-corrected chi connectivity index (χ1v) is 10.0. The maximum Gasteiger partial charge on any atom is 0.246 e. The van der Waals surface area contributed by atoms with E-state index >= 15 is 0 Å². The molecular weight excluding hydrogens is 352 g/mol. The van der Waals surface area contributed by atoms with Crippen LogP contribution in [0, 0.1) is 0 Å². The van der Waals surface area contributed by atoms with Crippen LogP contribution in [0.1, 0.15) is 30.0 Å². The lowest BCUT2D eigenvalue weighted by atomic mass is 10.1. The fourth-order valence-corrected chi connectivity index (χ4v) is 3.60. The van der Waals surface area contributed by atoms with E-state index in [9.17, 15) is 4.79 Å². The Morgan fingerprint density at radius 2 is 1.79 bits per heavy atom. The van der Waals surface area contributed by atoms with Gasteiger partial charge in [0.25, 0.3) is 0 Å². The molecule has 1 aliphatic rings. The van der Waals surface area contributed by atoms with Crippen LogP contribution < -0.4 is 10.1 Å². The molecule has 1 fully saturated rings.